The van der Waals surface area contributed by atoms with Gasteiger partial charge < -0.3 is 4.74 Å². The van der Waals surface area contributed by atoms with E-state index >= 15 is 0 Å². The molecule has 1 heterocycles. The number of allylic oxidation sites excluding steroid dienone is 1. The highest BCUT2D eigenvalue weighted by atomic mass is 16.5. The van der Waals surface area contributed by atoms with Crippen LogP contribution in [0, 0.1) is 5.92 Å². The van der Waals surface area contributed by atoms with Gasteiger partial charge >= 0.3 is 5.97 Å². The van der Waals surface area contributed by atoms with Crippen molar-refractivity contribution < 1.29 is 9.53 Å². The number of carbonyl (C=O) groups excluding carboxylic acids is 1. The Kier molecular flexibility index (Phi) is 2.12. The van der Waals surface area contributed by atoms with E-state index in [4.69, 9.17) is 4.74 Å². The molecule has 0 spiro atoms. The zero-order chi connectivity index (χ0) is 10.1. The van der Waals surface area contributed by atoms with Crippen molar-refractivity contribution in [1.82, 2.24) is 0 Å². The molecule has 1 aromatic rings. The topological polar surface area (TPSA) is 26.3 Å². The summed E-state index contributed by atoms with van der Waals surface area (Å²) in [4.78, 5) is 11.4. The minimum atomic E-state index is -0.243. The van der Waals surface area contributed by atoms with Gasteiger partial charge in [0.2, 0.25) is 0 Å². The summed E-state index contributed by atoms with van der Waals surface area (Å²) in [6.45, 7) is 4.11. The first-order chi connectivity index (χ1) is 6.68. The van der Waals surface area contributed by atoms with Crippen LogP contribution in [0.5, 0.6) is 0 Å². The standard InChI is InChI=1S/C12H12O2/c1-8(2)7-11-9-5-3-4-6-10(9)12(13)14-11/h3-8H,1-2H3/b11-7-. The fourth-order valence-corrected chi connectivity index (χ4v) is 1.51. The number of carbonyl (C=O) groups is 1. The maximum Gasteiger partial charge on any atom is 0.344 e. The fourth-order valence-electron chi connectivity index (χ4n) is 1.51. The van der Waals surface area contributed by atoms with Gasteiger partial charge in [-0.3, -0.25) is 0 Å². The van der Waals surface area contributed by atoms with Crippen LogP contribution in [0.1, 0.15) is 29.8 Å². The Morgan fingerprint density at radius 1 is 1.21 bits per heavy atom. The van der Waals surface area contributed by atoms with Crippen molar-refractivity contribution >= 4 is 11.7 Å². The van der Waals surface area contributed by atoms with Crippen LogP contribution in [0.3, 0.4) is 0 Å². The lowest BCUT2D eigenvalue weighted by Gasteiger charge is -2.00. The van der Waals surface area contributed by atoms with Crippen LogP contribution in [0.15, 0.2) is 30.3 Å². The van der Waals surface area contributed by atoms with Crippen LogP contribution in [0.25, 0.3) is 5.76 Å². The second-order valence-corrected chi connectivity index (χ2v) is 3.71. The molecular formula is C12H12O2. The molecule has 72 valence electrons. The predicted octanol–water partition coefficient (Wildman–Crippen LogP) is 2.85. The molecule has 0 atom stereocenters. The largest absolute Gasteiger partial charge is 0.423 e. The molecule has 0 aliphatic carbocycles. The Balaban J connectivity index is 2.49. The normalized spacial score (nSPS) is 17.4. The first kappa shape index (κ1) is 9.00. The monoisotopic (exact) mass is 188 g/mol. The van der Waals surface area contributed by atoms with Gasteiger partial charge in [0.25, 0.3) is 0 Å². The highest BCUT2D eigenvalue weighted by molar-refractivity contribution is 6.02. The first-order valence-corrected chi connectivity index (χ1v) is 4.72. The van der Waals surface area contributed by atoms with Gasteiger partial charge in [-0.15, -0.1) is 0 Å². The highest BCUT2D eigenvalue weighted by Crippen LogP contribution is 2.30. The van der Waals surface area contributed by atoms with E-state index in [1.54, 1.807) is 6.07 Å². The lowest BCUT2D eigenvalue weighted by Crippen LogP contribution is -1.92. The van der Waals surface area contributed by atoms with Gasteiger partial charge in [0.1, 0.15) is 5.76 Å². The number of esters is 1. The van der Waals surface area contributed by atoms with Crippen molar-refractivity contribution in [2.24, 2.45) is 5.92 Å². The number of fused-ring (bicyclic) bond motifs is 1. The lowest BCUT2D eigenvalue weighted by atomic mass is 10.1. The molecule has 1 aliphatic rings. The zero-order valence-corrected chi connectivity index (χ0v) is 8.28. The van der Waals surface area contributed by atoms with E-state index in [0.29, 0.717) is 17.2 Å². The van der Waals surface area contributed by atoms with E-state index < -0.39 is 0 Å². The number of hydrogen-bond acceptors (Lipinski definition) is 2. The van der Waals surface area contributed by atoms with Gasteiger partial charge in [0.15, 0.2) is 0 Å². The average Bonchev–Trinajstić information content (AvgIpc) is 2.44. The van der Waals surface area contributed by atoms with Crippen molar-refractivity contribution in [3.05, 3.63) is 41.5 Å². The third-order valence-electron chi connectivity index (χ3n) is 2.10. The maximum absolute atomic E-state index is 11.4. The molecule has 0 radical (unpaired) electrons. The molecule has 0 saturated heterocycles. The molecule has 2 nitrogen and oxygen atoms in total. The van der Waals surface area contributed by atoms with Crippen LogP contribution < -0.4 is 0 Å². The molecule has 0 unspecified atom stereocenters. The van der Waals surface area contributed by atoms with Crippen molar-refractivity contribution in [2.75, 3.05) is 0 Å². The van der Waals surface area contributed by atoms with Crippen LogP contribution in [0.4, 0.5) is 0 Å². The second-order valence-electron chi connectivity index (χ2n) is 3.71. The third-order valence-corrected chi connectivity index (χ3v) is 2.10. The first-order valence-electron chi connectivity index (χ1n) is 4.72. The van der Waals surface area contributed by atoms with Crippen LogP contribution in [-0.4, -0.2) is 5.97 Å². The average molecular weight is 188 g/mol. The number of cyclic esters (lactones) is 1. The molecule has 0 bridgehead atoms. The highest BCUT2D eigenvalue weighted by Gasteiger charge is 2.25. The van der Waals surface area contributed by atoms with Crippen LogP contribution >= 0.6 is 0 Å². The van der Waals surface area contributed by atoms with E-state index in [0.717, 1.165) is 5.56 Å². The Bertz CT molecular complexity index is 403. The summed E-state index contributed by atoms with van der Waals surface area (Å²) < 4.78 is 5.16. The van der Waals surface area contributed by atoms with Crippen LogP contribution in [-0.2, 0) is 4.74 Å². The summed E-state index contributed by atoms with van der Waals surface area (Å²) in [6, 6.07) is 7.46. The summed E-state index contributed by atoms with van der Waals surface area (Å²) in [6.07, 6.45) is 1.96. The zero-order valence-electron chi connectivity index (χ0n) is 8.28. The minimum Gasteiger partial charge on any atom is -0.423 e. The van der Waals surface area contributed by atoms with Crippen molar-refractivity contribution in [2.45, 2.75) is 13.8 Å². The molecule has 0 aromatic heterocycles. The van der Waals surface area contributed by atoms with Gasteiger partial charge in [-0.05, 0) is 18.1 Å². The van der Waals surface area contributed by atoms with Gasteiger partial charge in [-0.25, -0.2) is 4.79 Å². The van der Waals surface area contributed by atoms with Gasteiger partial charge in [0.05, 0.1) is 5.56 Å². The number of ether oxygens (including phenoxy) is 1. The van der Waals surface area contributed by atoms with Crippen molar-refractivity contribution in [3.8, 4) is 0 Å². The SMILES string of the molecule is CC(C)/C=C1\OC(=O)c2ccccc21. The Morgan fingerprint density at radius 2 is 1.86 bits per heavy atom. The van der Waals surface area contributed by atoms with E-state index in [2.05, 4.69) is 13.8 Å². The quantitative estimate of drug-likeness (QED) is 0.633. The lowest BCUT2D eigenvalue weighted by molar-refractivity contribution is 0.0715. The molecule has 0 amide bonds. The maximum atomic E-state index is 11.4. The summed E-state index contributed by atoms with van der Waals surface area (Å²) in [7, 11) is 0. The van der Waals surface area contributed by atoms with Crippen LogP contribution in [0.2, 0.25) is 0 Å². The second kappa shape index (κ2) is 3.29. The summed E-state index contributed by atoms with van der Waals surface area (Å²) in [5, 5.41) is 0. The Hall–Kier alpha value is -1.57. The fraction of sp³-hybridized carbons (Fsp3) is 0.250. The third kappa shape index (κ3) is 1.43. The molecule has 14 heavy (non-hydrogen) atoms. The van der Waals surface area contributed by atoms with Gasteiger partial charge in [-0.1, -0.05) is 32.0 Å². The Labute approximate surface area is 83.2 Å². The summed E-state index contributed by atoms with van der Waals surface area (Å²) in [5.41, 5.74) is 1.57. The summed E-state index contributed by atoms with van der Waals surface area (Å²) in [5.74, 6) is 0.831. The van der Waals surface area contributed by atoms with Gasteiger partial charge in [0, 0.05) is 5.56 Å². The molecule has 0 saturated carbocycles. The predicted molar refractivity (Wildman–Crippen MR) is 54.7 cm³/mol. The van der Waals surface area contributed by atoms with E-state index in [9.17, 15) is 4.79 Å². The molecule has 2 heteroatoms. The Morgan fingerprint density at radius 3 is 2.50 bits per heavy atom. The van der Waals surface area contributed by atoms with E-state index in [1.807, 2.05) is 24.3 Å². The van der Waals surface area contributed by atoms with Crippen molar-refractivity contribution in [3.63, 3.8) is 0 Å². The molecular weight excluding hydrogens is 176 g/mol. The van der Waals surface area contributed by atoms with Gasteiger partial charge in [-0.2, -0.15) is 0 Å². The molecule has 0 N–H and O–H groups in total. The molecule has 2 rings (SSSR count). The molecule has 0 fully saturated rings. The number of benzene rings is 1. The van der Waals surface area contributed by atoms with E-state index in [-0.39, 0.29) is 5.97 Å². The number of rotatable bonds is 1. The molecule has 1 aromatic carbocycles. The number of hydrogen-bond donors (Lipinski definition) is 0. The van der Waals surface area contributed by atoms with E-state index in [1.165, 1.54) is 0 Å². The van der Waals surface area contributed by atoms with Crippen molar-refractivity contribution in [1.29, 1.82) is 0 Å². The summed E-state index contributed by atoms with van der Waals surface area (Å²) >= 11 is 0. The molecule has 1 aliphatic heterocycles. The smallest absolute Gasteiger partial charge is 0.344 e. The minimum absolute atomic E-state index is 0.243.